The van der Waals surface area contributed by atoms with E-state index in [1.165, 1.54) is 30.0 Å². The number of likely N-dealkylation sites (N-methyl/N-ethyl adjacent to an activating group) is 1. The van der Waals surface area contributed by atoms with Crippen molar-refractivity contribution in [2.45, 2.75) is 39.2 Å². The van der Waals surface area contributed by atoms with E-state index in [2.05, 4.69) is 29.2 Å². The number of aliphatic imine (C=N–C) groups is 1. The lowest BCUT2D eigenvalue weighted by molar-refractivity contribution is -0.113. The number of hydrogen-bond donors (Lipinski definition) is 1. The van der Waals surface area contributed by atoms with Crippen LogP contribution in [0.5, 0.6) is 5.75 Å². The molecular formula is C23H30FN5O3S. The van der Waals surface area contributed by atoms with Crippen LogP contribution in [0.3, 0.4) is 0 Å². The molecule has 8 nitrogen and oxygen atoms in total. The maximum Gasteiger partial charge on any atom is 0.415 e. The van der Waals surface area contributed by atoms with E-state index >= 15 is 0 Å². The summed E-state index contributed by atoms with van der Waals surface area (Å²) in [6.07, 6.45) is 4.08. The molecule has 1 N–H and O–H groups in total. The molecule has 1 aromatic rings. The lowest BCUT2D eigenvalue weighted by Crippen LogP contribution is -2.45. The molecule has 2 saturated heterocycles. The summed E-state index contributed by atoms with van der Waals surface area (Å²) in [5, 5.41) is 2.46. The van der Waals surface area contributed by atoms with Crippen molar-refractivity contribution in [3.05, 3.63) is 34.5 Å². The van der Waals surface area contributed by atoms with Crippen molar-refractivity contribution < 1.29 is 18.7 Å². The minimum Gasteiger partial charge on any atom is -0.410 e. The first-order valence-corrected chi connectivity index (χ1v) is 12.3. The van der Waals surface area contributed by atoms with Gasteiger partial charge in [0.2, 0.25) is 0 Å². The number of thioether (sulfide) groups is 1. The highest BCUT2D eigenvalue weighted by Crippen LogP contribution is 2.33. The number of rotatable bonds is 5. The molecule has 0 radical (unpaired) electrons. The van der Waals surface area contributed by atoms with Crippen LogP contribution in [0.1, 0.15) is 38.7 Å². The Balaban J connectivity index is 1.46. The number of likely N-dealkylation sites (tertiary alicyclic amines) is 1. The predicted molar refractivity (Wildman–Crippen MR) is 127 cm³/mol. The molecule has 0 unspecified atom stereocenters. The number of hydrazine groups is 1. The van der Waals surface area contributed by atoms with Gasteiger partial charge in [-0.3, -0.25) is 14.7 Å². The molecule has 1 atom stereocenters. The molecule has 1 aromatic carbocycles. The predicted octanol–water partition coefficient (Wildman–Crippen LogP) is 3.31. The van der Waals surface area contributed by atoms with Crippen LogP contribution in [0.4, 0.5) is 9.18 Å². The summed E-state index contributed by atoms with van der Waals surface area (Å²) in [4.78, 5) is 33.8. The van der Waals surface area contributed by atoms with E-state index in [1.807, 2.05) is 5.01 Å². The summed E-state index contributed by atoms with van der Waals surface area (Å²) in [7, 11) is 0. The molecule has 3 aliphatic heterocycles. The molecule has 3 aliphatic rings. The second-order valence-electron chi connectivity index (χ2n) is 8.24. The van der Waals surface area contributed by atoms with Gasteiger partial charge in [-0.15, -0.1) is 0 Å². The fourth-order valence-electron chi connectivity index (χ4n) is 4.34. The van der Waals surface area contributed by atoms with Gasteiger partial charge >= 0.3 is 6.09 Å². The molecule has 0 bridgehead atoms. The summed E-state index contributed by atoms with van der Waals surface area (Å²) in [5.41, 5.74) is 3.56. The van der Waals surface area contributed by atoms with E-state index in [-0.39, 0.29) is 11.7 Å². The molecule has 2 fully saturated rings. The Labute approximate surface area is 197 Å². The molecule has 0 spiro atoms. The van der Waals surface area contributed by atoms with Crippen LogP contribution in [-0.4, -0.2) is 77.3 Å². The van der Waals surface area contributed by atoms with Gasteiger partial charge in [-0.1, -0.05) is 13.8 Å². The highest BCUT2D eigenvalue weighted by Gasteiger charge is 2.31. The van der Waals surface area contributed by atoms with Crippen LogP contribution in [0.2, 0.25) is 0 Å². The number of carbonyl (C=O) groups is 2. The summed E-state index contributed by atoms with van der Waals surface area (Å²) in [6.45, 7) is 8.93. The number of nitrogens with zero attached hydrogens (tertiary/aromatic N) is 4. The molecule has 0 aliphatic carbocycles. The molecule has 3 heterocycles. The summed E-state index contributed by atoms with van der Waals surface area (Å²) < 4.78 is 19.7. The normalized spacial score (nSPS) is 22.4. The number of carbonyl (C=O) groups excluding carboxylic acids is 2. The van der Waals surface area contributed by atoms with Gasteiger partial charge in [-0.05, 0) is 68.4 Å². The van der Waals surface area contributed by atoms with Crippen LogP contribution in [-0.2, 0) is 4.79 Å². The number of benzene rings is 1. The van der Waals surface area contributed by atoms with Crippen molar-refractivity contribution >= 4 is 35.0 Å². The van der Waals surface area contributed by atoms with Gasteiger partial charge < -0.3 is 9.64 Å². The average molecular weight is 476 g/mol. The van der Waals surface area contributed by atoms with Crippen molar-refractivity contribution in [2.24, 2.45) is 4.99 Å². The van der Waals surface area contributed by atoms with Crippen LogP contribution in [0.25, 0.3) is 6.08 Å². The average Bonchev–Trinajstić information content (AvgIpc) is 3.45. The maximum absolute atomic E-state index is 14.0. The fourth-order valence-corrected chi connectivity index (χ4v) is 5.25. The standard InChI is InChI=1S/C23H30FN5O3S/c1-3-27(4-2)18-9-12-28(15-18)23(31)32-19-8-7-17(24)13-16(19)14-20-21(30)26-22(33-20)29-11-6-5-10-25-29/h7-8,13-14,18,25H,3-6,9-12,15H2,1-2H3/t18-/m0/s1. The Kier molecular flexibility index (Phi) is 7.67. The van der Waals surface area contributed by atoms with Gasteiger partial charge in [0, 0.05) is 37.8 Å². The Morgan fingerprint density at radius 2 is 2.15 bits per heavy atom. The molecule has 4 rings (SSSR count). The van der Waals surface area contributed by atoms with Gasteiger partial charge in [-0.25, -0.2) is 14.6 Å². The maximum atomic E-state index is 14.0. The minimum atomic E-state index is -0.473. The third-order valence-electron chi connectivity index (χ3n) is 6.16. The first-order valence-electron chi connectivity index (χ1n) is 11.5. The van der Waals surface area contributed by atoms with E-state index in [0.717, 1.165) is 45.4 Å². The van der Waals surface area contributed by atoms with E-state index in [1.54, 1.807) is 11.0 Å². The fraction of sp³-hybridized carbons (Fsp3) is 0.522. The van der Waals surface area contributed by atoms with Gasteiger partial charge in [0.15, 0.2) is 5.17 Å². The van der Waals surface area contributed by atoms with Crippen LogP contribution in [0, 0.1) is 5.82 Å². The quantitative estimate of drug-likeness (QED) is 0.655. The van der Waals surface area contributed by atoms with Crippen molar-refractivity contribution in [1.29, 1.82) is 0 Å². The first kappa shape index (κ1) is 23.7. The van der Waals surface area contributed by atoms with E-state index in [0.29, 0.717) is 34.8 Å². The second-order valence-corrected chi connectivity index (χ2v) is 9.25. The molecule has 0 aromatic heterocycles. The number of hydrogen-bond acceptors (Lipinski definition) is 7. The van der Waals surface area contributed by atoms with Gasteiger partial charge in [0.05, 0.1) is 4.91 Å². The highest BCUT2D eigenvalue weighted by molar-refractivity contribution is 8.18. The van der Waals surface area contributed by atoms with Crippen LogP contribution >= 0.6 is 11.8 Å². The summed E-state index contributed by atoms with van der Waals surface area (Å²) >= 11 is 1.23. The van der Waals surface area contributed by atoms with Crippen LogP contribution in [0.15, 0.2) is 28.1 Å². The Morgan fingerprint density at radius 3 is 2.88 bits per heavy atom. The van der Waals surface area contributed by atoms with Crippen molar-refractivity contribution in [2.75, 3.05) is 39.3 Å². The zero-order valence-corrected chi connectivity index (χ0v) is 19.9. The summed E-state index contributed by atoms with van der Waals surface area (Å²) in [5.74, 6) is -0.637. The lowest BCUT2D eigenvalue weighted by Gasteiger charge is -2.28. The SMILES string of the molecule is CCN(CC)[C@H]1CCN(C(=O)Oc2ccc(F)cc2C=C2SC(N3CCCCN3)=NC2=O)C1. The summed E-state index contributed by atoms with van der Waals surface area (Å²) in [6, 6.07) is 4.25. The van der Waals surface area contributed by atoms with Gasteiger partial charge in [-0.2, -0.15) is 4.99 Å². The Morgan fingerprint density at radius 1 is 1.33 bits per heavy atom. The largest absolute Gasteiger partial charge is 0.415 e. The van der Waals surface area contributed by atoms with Gasteiger partial charge in [0.25, 0.3) is 5.91 Å². The number of amidine groups is 1. The minimum absolute atomic E-state index is 0.220. The van der Waals surface area contributed by atoms with Crippen molar-refractivity contribution in [3.8, 4) is 5.75 Å². The van der Waals surface area contributed by atoms with E-state index in [4.69, 9.17) is 4.74 Å². The molecule has 33 heavy (non-hydrogen) atoms. The smallest absolute Gasteiger partial charge is 0.410 e. The molecule has 10 heteroatoms. The van der Waals surface area contributed by atoms with E-state index < -0.39 is 11.9 Å². The van der Waals surface area contributed by atoms with Crippen LogP contribution < -0.4 is 10.2 Å². The van der Waals surface area contributed by atoms with E-state index in [9.17, 15) is 14.0 Å². The zero-order chi connectivity index (χ0) is 23.4. The van der Waals surface area contributed by atoms with Crippen molar-refractivity contribution in [1.82, 2.24) is 20.2 Å². The number of nitrogens with one attached hydrogen (secondary N) is 1. The molecule has 2 amide bonds. The third kappa shape index (κ3) is 5.56. The third-order valence-corrected chi connectivity index (χ3v) is 7.16. The Bertz CT molecular complexity index is 959. The monoisotopic (exact) mass is 475 g/mol. The molecule has 178 valence electrons. The Hall–Kier alpha value is -2.43. The topological polar surface area (TPSA) is 77.5 Å². The number of ether oxygens (including phenoxy) is 1. The zero-order valence-electron chi connectivity index (χ0n) is 19.1. The molecular weight excluding hydrogens is 445 g/mol. The first-order chi connectivity index (χ1) is 16.0. The second kappa shape index (κ2) is 10.7. The lowest BCUT2D eigenvalue weighted by atomic mass is 10.2. The van der Waals surface area contributed by atoms with Crippen molar-refractivity contribution in [3.63, 3.8) is 0 Å². The molecule has 0 saturated carbocycles. The van der Waals surface area contributed by atoms with Gasteiger partial charge in [0.1, 0.15) is 11.6 Å². The highest BCUT2D eigenvalue weighted by atomic mass is 32.2. The number of amides is 2. The number of halogens is 1.